The van der Waals surface area contributed by atoms with Gasteiger partial charge in [-0.25, -0.2) is 0 Å². The molecule has 6 heteroatoms. The van der Waals surface area contributed by atoms with Crippen LogP contribution in [0.3, 0.4) is 0 Å². The van der Waals surface area contributed by atoms with Crippen LogP contribution in [0, 0.1) is 0 Å². The van der Waals surface area contributed by atoms with Crippen molar-refractivity contribution in [2.24, 2.45) is 5.73 Å². The van der Waals surface area contributed by atoms with E-state index in [2.05, 4.69) is 6.92 Å². The minimum atomic E-state index is -0.784. The summed E-state index contributed by atoms with van der Waals surface area (Å²) in [7, 11) is 1.89. The predicted octanol–water partition coefficient (Wildman–Crippen LogP) is 3.22. The van der Waals surface area contributed by atoms with Crippen molar-refractivity contribution in [1.82, 2.24) is 9.80 Å². The molecule has 0 saturated carbocycles. The quantitative estimate of drug-likeness (QED) is 0.835. The average Bonchev–Trinajstić information content (AvgIpc) is 2.89. The molecule has 1 aromatic rings. The Balaban J connectivity index is 0.00000261. The van der Waals surface area contributed by atoms with Crippen molar-refractivity contribution in [1.29, 1.82) is 0 Å². The van der Waals surface area contributed by atoms with Gasteiger partial charge in [0.2, 0.25) is 5.91 Å². The van der Waals surface area contributed by atoms with Crippen molar-refractivity contribution >= 4 is 24.2 Å². The van der Waals surface area contributed by atoms with E-state index in [4.69, 9.17) is 5.73 Å². The molecule has 2 aliphatic rings. The second-order valence-electron chi connectivity index (χ2n) is 8.17. The smallest absolute Gasteiger partial charge is 0.253 e. The van der Waals surface area contributed by atoms with E-state index in [9.17, 15) is 9.59 Å². The first-order valence-corrected chi connectivity index (χ1v) is 9.79. The van der Waals surface area contributed by atoms with Gasteiger partial charge in [-0.2, -0.15) is 0 Å². The van der Waals surface area contributed by atoms with Crippen molar-refractivity contribution in [3.05, 3.63) is 35.9 Å². The normalized spacial score (nSPS) is 26.1. The predicted molar refractivity (Wildman–Crippen MR) is 110 cm³/mol. The van der Waals surface area contributed by atoms with Crippen molar-refractivity contribution in [3.63, 3.8) is 0 Å². The summed E-state index contributed by atoms with van der Waals surface area (Å²) in [5.74, 6) is 0.145. The first-order valence-electron chi connectivity index (χ1n) is 9.79. The number of carbonyl (C=O) groups excluding carboxylic acids is 2. The number of hydrogen-bond donors (Lipinski definition) is 1. The van der Waals surface area contributed by atoms with Gasteiger partial charge < -0.3 is 15.5 Å². The fourth-order valence-corrected chi connectivity index (χ4v) is 4.67. The molecule has 3 unspecified atom stereocenters. The zero-order valence-corrected chi connectivity index (χ0v) is 17.4. The maximum absolute atomic E-state index is 13.0. The highest BCUT2D eigenvalue weighted by Gasteiger charge is 2.48. The van der Waals surface area contributed by atoms with Gasteiger partial charge in [0.25, 0.3) is 5.91 Å². The number of nitrogens with two attached hydrogens (primary N) is 1. The second kappa shape index (κ2) is 8.61. The van der Waals surface area contributed by atoms with E-state index < -0.39 is 5.54 Å². The summed E-state index contributed by atoms with van der Waals surface area (Å²) < 4.78 is 0. The van der Waals surface area contributed by atoms with Crippen molar-refractivity contribution in [3.8, 4) is 0 Å². The molecular formula is C21H32ClN3O2. The van der Waals surface area contributed by atoms with E-state index in [-0.39, 0.29) is 42.3 Å². The van der Waals surface area contributed by atoms with Gasteiger partial charge in [-0.3, -0.25) is 9.59 Å². The molecular weight excluding hydrogens is 362 g/mol. The first-order chi connectivity index (χ1) is 12.3. The van der Waals surface area contributed by atoms with Crippen LogP contribution in [0.25, 0.3) is 0 Å². The van der Waals surface area contributed by atoms with Gasteiger partial charge in [-0.1, -0.05) is 31.5 Å². The van der Waals surface area contributed by atoms with Crippen molar-refractivity contribution < 1.29 is 9.59 Å². The maximum atomic E-state index is 13.0. The van der Waals surface area contributed by atoms with Gasteiger partial charge >= 0.3 is 0 Å². The summed E-state index contributed by atoms with van der Waals surface area (Å²) in [4.78, 5) is 29.7. The number of hydrogen-bond acceptors (Lipinski definition) is 3. The number of amides is 2. The number of piperidine rings is 1. The van der Waals surface area contributed by atoms with Crippen LogP contribution in [-0.4, -0.2) is 52.3 Å². The van der Waals surface area contributed by atoms with Crippen molar-refractivity contribution in [2.75, 3.05) is 7.05 Å². The monoisotopic (exact) mass is 393 g/mol. The molecule has 2 heterocycles. The van der Waals surface area contributed by atoms with Crippen LogP contribution in [0.4, 0.5) is 0 Å². The summed E-state index contributed by atoms with van der Waals surface area (Å²) in [6.45, 7) is 3.92. The summed E-state index contributed by atoms with van der Waals surface area (Å²) in [6, 6.07) is 10.0. The fraction of sp³-hybridized carbons (Fsp3) is 0.619. The number of carbonyl (C=O) groups is 2. The van der Waals surface area contributed by atoms with Crippen LogP contribution in [0.2, 0.25) is 0 Å². The van der Waals surface area contributed by atoms with Crippen molar-refractivity contribution in [2.45, 2.75) is 76.0 Å². The first kappa shape index (κ1) is 21.7. The van der Waals surface area contributed by atoms with Crippen LogP contribution >= 0.6 is 12.4 Å². The Morgan fingerprint density at radius 2 is 1.74 bits per heavy atom. The summed E-state index contributed by atoms with van der Waals surface area (Å²) in [5.41, 5.74) is 6.25. The molecule has 2 N–H and O–H groups in total. The lowest BCUT2D eigenvalue weighted by atomic mass is 9.90. The van der Waals surface area contributed by atoms with Crippen LogP contribution < -0.4 is 5.73 Å². The lowest BCUT2D eigenvalue weighted by Gasteiger charge is -2.44. The molecule has 0 aliphatic carbocycles. The van der Waals surface area contributed by atoms with E-state index >= 15 is 0 Å². The molecule has 27 heavy (non-hydrogen) atoms. The SMILES string of the molecule is CCCC(C)(N)C(=O)N1C2CCC1CC(N(C)C(=O)c1ccccc1)C2.Cl. The molecule has 2 aliphatic heterocycles. The number of benzene rings is 1. The third kappa shape index (κ3) is 4.30. The molecule has 2 bridgehead atoms. The Hall–Kier alpha value is -1.59. The Labute approximate surface area is 168 Å². The molecule has 2 saturated heterocycles. The zero-order valence-electron chi connectivity index (χ0n) is 16.6. The molecule has 3 atom stereocenters. The highest BCUT2D eigenvalue weighted by molar-refractivity contribution is 5.94. The Morgan fingerprint density at radius 3 is 2.26 bits per heavy atom. The van der Waals surface area contributed by atoms with Gasteiger partial charge in [0, 0.05) is 30.7 Å². The van der Waals surface area contributed by atoms with E-state index in [1.165, 1.54) is 0 Å². The third-order valence-corrected chi connectivity index (χ3v) is 6.09. The highest BCUT2D eigenvalue weighted by Crippen LogP contribution is 2.39. The molecule has 1 aromatic carbocycles. The number of rotatable bonds is 5. The highest BCUT2D eigenvalue weighted by atomic mass is 35.5. The van der Waals surface area contributed by atoms with Gasteiger partial charge in [-0.05, 0) is 51.2 Å². The Kier molecular flexibility index (Phi) is 6.92. The summed E-state index contributed by atoms with van der Waals surface area (Å²) in [5, 5.41) is 0. The van der Waals surface area contributed by atoms with E-state index in [0.717, 1.165) is 37.7 Å². The zero-order chi connectivity index (χ0) is 18.9. The lowest BCUT2D eigenvalue weighted by molar-refractivity contribution is -0.142. The standard InChI is InChI=1S/C21H31N3O2.ClH/c1-4-12-21(2,22)20(26)24-16-10-11-17(24)14-18(13-16)23(3)19(25)15-8-6-5-7-9-15;/h5-9,16-18H,4,10-14,22H2,1-3H3;1H. The minimum Gasteiger partial charge on any atom is -0.339 e. The number of fused-ring (bicyclic) bond motifs is 2. The fourth-order valence-electron chi connectivity index (χ4n) is 4.67. The van der Waals surface area contributed by atoms with Gasteiger partial charge in [0.05, 0.1) is 5.54 Å². The van der Waals surface area contributed by atoms with Gasteiger partial charge in [-0.15, -0.1) is 12.4 Å². The molecule has 0 radical (unpaired) electrons. The maximum Gasteiger partial charge on any atom is 0.253 e. The minimum absolute atomic E-state index is 0. The molecule has 150 valence electrons. The van der Waals surface area contributed by atoms with Crippen LogP contribution in [-0.2, 0) is 4.79 Å². The Bertz CT molecular complexity index is 651. The number of nitrogens with zero attached hydrogens (tertiary/aromatic N) is 2. The summed E-state index contributed by atoms with van der Waals surface area (Å²) in [6.07, 6.45) is 5.33. The van der Waals surface area contributed by atoms with E-state index in [0.29, 0.717) is 6.42 Å². The topological polar surface area (TPSA) is 66.6 Å². The molecule has 3 rings (SSSR count). The largest absolute Gasteiger partial charge is 0.339 e. The molecule has 2 fully saturated rings. The lowest BCUT2D eigenvalue weighted by Crippen LogP contribution is -2.60. The second-order valence-corrected chi connectivity index (χ2v) is 8.17. The average molecular weight is 394 g/mol. The van der Waals surface area contributed by atoms with E-state index in [1.54, 1.807) is 0 Å². The molecule has 0 aromatic heterocycles. The molecule has 5 nitrogen and oxygen atoms in total. The van der Waals surface area contributed by atoms with Gasteiger partial charge in [0.1, 0.15) is 0 Å². The summed E-state index contributed by atoms with van der Waals surface area (Å²) >= 11 is 0. The molecule has 2 amide bonds. The third-order valence-electron chi connectivity index (χ3n) is 6.09. The molecule has 0 spiro atoms. The van der Waals surface area contributed by atoms with Crippen LogP contribution in [0.1, 0.15) is 62.7 Å². The Morgan fingerprint density at radius 1 is 1.19 bits per heavy atom. The van der Waals surface area contributed by atoms with Gasteiger partial charge in [0.15, 0.2) is 0 Å². The van der Waals surface area contributed by atoms with Crippen LogP contribution in [0.5, 0.6) is 0 Å². The van der Waals surface area contributed by atoms with E-state index in [1.807, 2.05) is 54.1 Å². The van der Waals surface area contributed by atoms with Crippen LogP contribution in [0.15, 0.2) is 30.3 Å². The number of halogens is 1.